The first-order valence-corrected chi connectivity index (χ1v) is 8.12. The van der Waals surface area contributed by atoms with Gasteiger partial charge in [0.1, 0.15) is 0 Å². The molecule has 2 aromatic rings. The molecule has 3 rings (SSSR count). The summed E-state index contributed by atoms with van der Waals surface area (Å²) < 4.78 is 1.46. The van der Waals surface area contributed by atoms with Crippen molar-refractivity contribution >= 4 is 40.4 Å². The molecule has 1 aliphatic rings. The minimum atomic E-state index is 0.420. The van der Waals surface area contributed by atoms with Gasteiger partial charge in [-0.3, -0.25) is 0 Å². The number of fused-ring (bicyclic) bond motifs is 1. The molecule has 0 amide bonds. The highest BCUT2D eigenvalue weighted by Gasteiger charge is 2.26. The van der Waals surface area contributed by atoms with Crippen molar-refractivity contribution in [1.82, 2.24) is 0 Å². The number of anilines is 1. The molecule has 1 N–H and O–H groups in total. The fraction of sp³-hybridized carbons (Fsp3) is 0.286. The second-order valence-corrected chi connectivity index (χ2v) is 7.59. The molecular formula is C14H14ClNS2. The van der Waals surface area contributed by atoms with E-state index in [-0.39, 0.29) is 0 Å². The third kappa shape index (κ3) is 2.53. The van der Waals surface area contributed by atoms with Gasteiger partial charge in [0, 0.05) is 16.0 Å². The Morgan fingerprint density at radius 1 is 1.22 bits per heavy atom. The Morgan fingerprint density at radius 2 is 2.00 bits per heavy atom. The van der Waals surface area contributed by atoms with Crippen LogP contribution in [0.25, 0.3) is 0 Å². The molecule has 0 bridgehead atoms. The van der Waals surface area contributed by atoms with E-state index in [0.29, 0.717) is 11.3 Å². The smallest absolute Gasteiger partial charge is 0.0653 e. The van der Waals surface area contributed by atoms with E-state index in [0.717, 1.165) is 17.1 Å². The Balaban J connectivity index is 1.83. The van der Waals surface area contributed by atoms with Crippen molar-refractivity contribution in [2.24, 2.45) is 0 Å². The minimum Gasteiger partial charge on any atom is -0.378 e. The second-order valence-electron chi connectivity index (χ2n) is 4.53. The molecule has 0 spiro atoms. The van der Waals surface area contributed by atoms with Crippen LogP contribution in [-0.4, -0.2) is 5.25 Å². The summed E-state index contributed by atoms with van der Waals surface area (Å²) in [5.74, 6) is 0. The molecular weight excluding hydrogens is 282 g/mol. The van der Waals surface area contributed by atoms with Crippen LogP contribution in [0.4, 0.5) is 5.69 Å². The van der Waals surface area contributed by atoms with E-state index in [1.165, 1.54) is 9.77 Å². The molecule has 1 unspecified atom stereocenters. The Labute approximate surface area is 121 Å². The maximum absolute atomic E-state index is 5.91. The summed E-state index contributed by atoms with van der Waals surface area (Å²) in [6.45, 7) is 2.30. The summed E-state index contributed by atoms with van der Waals surface area (Å²) in [6.07, 6.45) is 1.16. The van der Waals surface area contributed by atoms with Gasteiger partial charge in [0.05, 0.1) is 10.3 Å². The Kier molecular flexibility index (Phi) is 3.55. The normalized spacial score (nSPS) is 22.6. The number of thioether (sulfide) groups is 1. The van der Waals surface area contributed by atoms with Crippen LogP contribution in [-0.2, 0) is 0 Å². The van der Waals surface area contributed by atoms with Crippen molar-refractivity contribution in [2.45, 2.75) is 28.8 Å². The minimum absolute atomic E-state index is 0.420. The van der Waals surface area contributed by atoms with E-state index < -0.39 is 0 Å². The third-order valence-corrected chi connectivity index (χ3v) is 5.69. The highest BCUT2D eigenvalue weighted by atomic mass is 35.5. The van der Waals surface area contributed by atoms with E-state index in [2.05, 4.69) is 23.7 Å². The van der Waals surface area contributed by atoms with Gasteiger partial charge < -0.3 is 5.32 Å². The van der Waals surface area contributed by atoms with Gasteiger partial charge in [-0.1, -0.05) is 18.5 Å². The van der Waals surface area contributed by atoms with Crippen LogP contribution in [0.3, 0.4) is 0 Å². The summed E-state index contributed by atoms with van der Waals surface area (Å²) in [5.41, 5.74) is 2.58. The summed E-state index contributed by atoms with van der Waals surface area (Å²) in [6, 6.07) is 10.6. The SMILES string of the molecule is C[C@H]1CC(Nc2ccc(Cl)cc2)c2ccsc2S1. The summed E-state index contributed by atoms with van der Waals surface area (Å²) in [5, 5.41) is 7.25. The zero-order valence-corrected chi connectivity index (χ0v) is 12.4. The van der Waals surface area contributed by atoms with Gasteiger partial charge in [0.25, 0.3) is 0 Å². The molecule has 2 atom stereocenters. The van der Waals surface area contributed by atoms with Gasteiger partial charge in [-0.25, -0.2) is 0 Å². The van der Waals surface area contributed by atoms with Crippen LogP contribution in [0.1, 0.15) is 24.9 Å². The largest absolute Gasteiger partial charge is 0.378 e. The maximum Gasteiger partial charge on any atom is 0.0653 e. The molecule has 94 valence electrons. The number of rotatable bonds is 2. The lowest BCUT2D eigenvalue weighted by atomic mass is 10.0. The molecule has 0 fully saturated rings. The van der Waals surface area contributed by atoms with E-state index in [1.54, 1.807) is 0 Å². The Morgan fingerprint density at radius 3 is 2.78 bits per heavy atom. The summed E-state index contributed by atoms with van der Waals surface area (Å²) >= 11 is 9.75. The maximum atomic E-state index is 5.91. The standard InChI is InChI=1S/C14H14ClNS2/c1-9-8-13(12-6-7-17-14(12)18-9)16-11-4-2-10(15)3-5-11/h2-7,9,13,16H,8H2,1H3/t9-,13?/m0/s1. The van der Waals surface area contributed by atoms with Gasteiger partial charge in [0.15, 0.2) is 0 Å². The van der Waals surface area contributed by atoms with Gasteiger partial charge >= 0.3 is 0 Å². The average molecular weight is 296 g/mol. The zero-order valence-electron chi connectivity index (χ0n) is 10.0. The molecule has 1 aromatic heterocycles. The number of halogens is 1. The van der Waals surface area contributed by atoms with E-state index in [9.17, 15) is 0 Å². The first kappa shape index (κ1) is 12.4. The fourth-order valence-electron chi connectivity index (χ4n) is 2.23. The van der Waals surface area contributed by atoms with E-state index >= 15 is 0 Å². The molecule has 0 saturated heterocycles. The van der Waals surface area contributed by atoms with Crippen molar-refractivity contribution in [1.29, 1.82) is 0 Å². The highest BCUT2D eigenvalue weighted by Crippen LogP contribution is 2.44. The van der Waals surface area contributed by atoms with Crippen LogP contribution in [0.15, 0.2) is 39.9 Å². The molecule has 0 aliphatic carbocycles. The molecule has 0 radical (unpaired) electrons. The van der Waals surface area contributed by atoms with Crippen LogP contribution >= 0.6 is 34.7 Å². The fourth-order valence-corrected chi connectivity index (χ4v) is 4.93. The lowest BCUT2D eigenvalue weighted by Gasteiger charge is -2.28. The predicted molar refractivity (Wildman–Crippen MR) is 82.1 cm³/mol. The lowest BCUT2D eigenvalue weighted by molar-refractivity contribution is 0.670. The van der Waals surface area contributed by atoms with Crippen molar-refractivity contribution in [2.75, 3.05) is 5.32 Å². The molecule has 1 aromatic carbocycles. The van der Waals surface area contributed by atoms with Crippen LogP contribution in [0, 0.1) is 0 Å². The second kappa shape index (κ2) is 5.16. The van der Waals surface area contributed by atoms with Gasteiger partial charge in [-0.15, -0.1) is 23.1 Å². The Hall–Kier alpha value is -0.640. The van der Waals surface area contributed by atoms with Crippen molar-refractivity contribution in [3.8, 4) is 0 Å². The van der Waals surface area contributed by atoms with E-state index in [4.69, 9.17) is 11.6 Å². The average Bonchev–Trinajstić information content (AvgIpc) is 2.80. The number of hydrogen-bond acceptors (Lipinski definition) is 3. The summed E-state index contributed by atoms with van der Waals surface area (Å²) in [4.78, 5) is 0. The van der Waals surface area contributed by atoms with E-state index in [1.807, 2.05) is 47.4 Å². The van der Waals surface area contributed by atoms with Crippen molar-refractivity contribution in [3.05, 3.63) is 46.3 Å². The number of benzene rings is 1. The number of hydrogen-bond donors (Lipinski definition) is 1. The lowest BCUT2D eigenvalue weighted by Crippen LogP contribution is -2.18. The van der Waals surface area contributed by atoms with Gasteiger partial charge in [-0.05, 0) is 47.7 Å². The molecule has 0 saturated carbocycles. The van der Waals surface area contributed by atoms with Crippen LogP contribution < -0.4 is 5.32 Å². The number of thiophene rings is 1. The molecule has 4 heteroatoms. The van der Waals surface area contributed by atoms with Crippen molar-refractivity contribution < 1.29 is 0 Å². The van der Waals surface area contributed by atoms with Crippen molar-refractivity contribution in [3.63, 3.8) is 0 Å². The zero-order chi connectivity index (χ0) is 12.5. The highest BCUT2D eigenvalue weighted by molar-refractivity contribution is 8.01. The quantitative estimate of drug-likeness (QED) is 0.792. The monoisotopic (exact) mass is 295 g/mol. The first-order valence-electron chi connectivity index (χ1n) is 5.98. The van der Waals surface area contributed by atoms with Crippen LogP contribution in [0.2, 0.25) is 5.02 Å². The molecule has 1 aliphatic heterocycles. The van der Waals surface area contributed by atoms with Gasteiger partial charge in [-0.2, -0.15) is 0 Å². The van der Waals surface area contributed by atoms with Crippen LogP contribution in [0.5, 0.6) is 0 Å². The summed E-state index contributed by atoms with van der Waals surface area (Å²) in [7, 11) is 0. The predicted octanol–water partition coefficient (Wildman–Crippen LogP) is 5.44. The Bertz CT molecular complexity index is 535. The van der Waals surface area contributed by atoms with Gasteiger partial charge in [0.2, 0.25) is 0 Å². The topological polar surface area (TPSA) is 12.0 Å². The first-order chi connectivity index (χ1) is 8.72. The molecule has 1 nitrogen and oxygen atoms in total. The molecule has 2 heterocycles. The number of nitrogens with one attached hydrogen (secondary N) is 1. The molecule has 18 heavy (non-hydrogen) atoms. The third-order valence-electron chi connectivity index (χ3n) is 3.09.